The van der Waals surface area contributed by atoms with Crippen LogP contribution in [0, 0.1) is 12.3 Å². The SMILES string of the molecule is C#CC(C)(C)NCCC(=O)OC. The Kier molecular flexibility index (Phi) is 4.38. The number of rotatable bonds is 4. The van der Waals surface area contributed by atoms with Crippen molar-refractivity contribution in [2.75, 3.05) is 13.7 Å². The Hall–Kier alpha value is -1.01. The zero-order chi connectivity index (χ0) is 9.61. The van der Waals surface area contributed by atoms with Gasteiger partial charge >= 0.3 is 5.97 Å². The molecular formula is C9H15NO2. The number of ether oxygens (including phenoxy) is 1. The molecule has 0 unspecified atom stereocenters. The molecule has 0 spiro atoms. The molecule has 0 aromatic heterocycles. The smallest absolute Gasteiger partial charge is 0.306 e. The van der Waals surface area contributed by atoms with Gasteiger partial charge in [-0.15, -0.1) is 6.42 Å². The first kappa shape index (κ1) is 11.0. The van der Waals surface area contributed by atoms with Crippen LogP contribution < -0.4 is 5.32 Å². The van der Waals surface area contributed by atoms with Crippen LogP contribution in [0.2, 0.25) is 0 Å². The lowest BCUT2D eigenvalue weighted by Gasteiger charge is -2.18. The monoisotopic (exact) mass is 169 g/mol. The molecule has 0 amide bonds. The van der Waals surface area contributed by atoms with Crippen LogP contribution in [0.5, 0.6) is 0 Å². The summed E-state index contributed by atoms with van der Waals surface area (Å²) in [5, 5.41) is 3.04. The number of methoxy groups -OCH3 is 1. The van der Waals surface area contributed by atoms with Crippen molar-refractivity contribution < 1.29 is 9.53 Å². The highest BCUT2D eigenvalue weighted by Gasteiger charge is 2.12. The van der Waals surface area contributed by atoms with Gasteiger partial charge in [0, 0.05) is 6.54 Å². The Morgan fingerprint density at radius 3 is 2.67 bits per heavy atom. The number of hydrogen-bond acceptors (Lipinski definition) is 3. The fourth-order valence-electron chi connectivity index (χ4n) is 0.630. The first-order valence-electron chi connectivity index (χ1n) is 3.81. The highest BCUT2D eigenvalue weighted by atomic mass is 16.5. The van der Waals surface area contributed by atoms with Crippen molar-refractivity contribution in [2.45, 2.75) is 25.8 Å². The zero-order valence-corrected chi connectivity index (χ0v) is 7.81. The second kappa shape index (κ2) is 4.78. The molecule has 1 N–H and O–H groups in total. The quantitative estimate of drug-likeness (QED) is 0.493. The molecule has 0 saturated heterocycles. The van der Waals surface area contributed by atoms with E-state index in [1.54, 1.807) is 0 Å². The normalized spacial score (nSPS) is 10.5. The molecule has 0 bridgehead atoms. The average Bonchev–Trinajstić information content (AvgIpc) is 2.04. The third-order valence-electron chi connectivity index (χ3n) is 1.48. The summed E-state index contributed by atoms with van der Waals surface area (Å²) in [7, 11) is 1.37. The summed E-state index contributed by atoms with van der Waals surface area (Å²) in [5.41, 5.74) is -0.353. The third kappa shape index (κ3) is 4.75. The van der Waals surface area contributed by atoms with E-state index in [2.05, 4.69) is 16.0 Å². The van der Waals surface area contributed by atoms with Crippen molar-refractivity contribution in [3.05, 3.63) is 0 Å². The van der Waals surface area contributed by atoms with Gasteiger partial charge in [-0.1, -0.05) is 5.92 Å². The maximum Gasteiger partial charge on any atom is 0.306 e. The Morgan fingerprint density at radius 2 is 2.25 bits per heavy atom. The van der Waals surface area contributed by atoms with Gasteiger partial charge in [0.05, 0.1) is 19.1 Å². The maximum absolute atomic E-state index is 10.7. The van der Waals surface area contributed by atoms with Crippen molar-refractivity contribution in [1.29, 1.82) is 0 Å². The Morgan fingerprint density at radius 1 is 1.67 bits per heavy atom. The molecule has 68 valence electrons. The lowest BCUT2D eigenvalue weighted by Crippen LogP contribution is -2.38. The summed E-state index contributed by atoms with van der Waals surface area (Å²) in [6.45, 7) is 4.30. The van der Waals surface area contributed by atoms with Gasteiger partial charge in [0.25, 0.3) is 0 Å². The van der Waals surface area contributed by atoms with E-state index in [4.69, 9.17) is 6.42 Å². The van der Waals surface area contributed by atoms with Crippen LogP contribution in [0.1, 0.15) is 20.3 Å². The van der Waals surface area contributed by atoms with Crippen LogP contribution in [0.3, 0.4) is 0 Å². The van der Waals surface area contributed by atoms with Crippen LogP contribution >= 0.6 is 0 Å². The van der Waals surface area contributed by atoms with E-state index < -0.39 is 0 Å². The van der Waals surface area contributed by atoms with Gasteiger partial charge in [-0.05, 0) is 13.8 Å². The van der Waals surface area contributed by atoms with Crippen LogP contribution in [-0.4, -0.2) is 25.2 Å². The minimum absolute atomic E-state index is 0.227. The molecule has 0 atom stereocenters. The standard InChI is InChI=1S/C9H15NO2/c1-5-9(2,3)10-7-6-8(11)12-4/h1,10H,6-7H2,2-4H3. The molecular weight excluding hydrogens is 154 g/mol. The van der Waals surface area contributed by atoms with Crippen molar-refractivity contribution in [1.82, 2.24) is 5.32 Å². The third-order valence-corrected chi connectivity index (χ3v) is 1.48. The van der Waals surface area contributed by atoms with Gasteiger partial charge in [-0.3, -0.25) is 4.79 Å². The fraction of sp³-hybridized carbons (Fsp3) is 0.667. The van der Waals surface area contributed by atoms with E-state index in [1.807, 2.05) is 13.8 Å². The molecule has 0 aliphatic carbocycles. The second-order valence-corrected chi connectivity index (χ2v) is 3.02. The molecule has 0 fully saturated rings. The first-order chi connectivity index (χ1) is 5.52. The Labute approximate surface area is 73.5 Å². The van der Waals surface area contributed by atoms with Gasteiger partial charge in [0.2, 0.25) is 0 Å². The van der Waals surface area contributed by atoms with Gasteiger partial charge in [-0.25, -0.2) is 0 Å². The number of esters is 1. The molecule has 0 radical (unpaired) electrons. The number of terminal acetylenes is 1. The van der Waals surface area contributed by atoms with E-state index in [-0.39, 0.29) is 11.5 Å². The summed E-state index contributed by atoms with van der Waals surface area (Å²) in [6.07, 6.45) is 5.58. The number of nitrogens with one attached hydrogen (secondary N) is 1. The molecule has 0 saturated carbocycles. The molecule has 0 aliphatic rings. The first-order valence-corrected chi connectivity index (χ1v) is 3.81. The Bertz CT molecular complexity index is 191. The topological polar surface area (TPSA) is 38.3 Å². The van der Waals surface area contributed by atoms with Gasteiger partial charge in [0.15, 0.2) is 0 Å². The van der Waals surface area contributed by atoms with E-state index in [0.717, 1.165) is 0 Å². The van der Waals surface area contributed by atoms with Crippen molar-refractivity contribution >= 4 is 5.97 Å². The largest absolute Gasteiger partial charge is 0.469 e. The van der Waals surface area contributed by atoms with Crippen molar-refractivity contribution in [3.63, 3.8) is 0 Å². The van der Waals surface area contributed by atoms with Crippen LogP contribution in [-0.2, 0) is 9.53 Å². The molecule has 0 aromatic rings. The summed E-state index contributed by atoms with van der Waals surface area (Å²) < 4.78 is 4.47. The fourth-order valence-corrected chi connectivity index (χ4v) is 0.630. The van der Waals surface area contributed by atoms with Crippen LogP contribution in [0.25, 0.3) is 0 Å². The summed E-state index contributed by atoms with van der Waals surface area (Å²) in [6, 6.07) is 0. The van der Waals surface area contributed by atoms with Gasteiger partial charge < -0.3 is 10.1 Å². The summed E-state index contributed by atoms with van der Waals surface area (Å²) >= 11 is 0. The lowest BCUT2D eigenvalue weighted by molar-refractivity contribution is -0.140. The average molecular weight is 169 g/mol. The van der Waals surface area contributed by atoms with E-state index in [9.17, 15) is 4.79 Å². The van der Waals surface area contributed by atoms with Crippen LogP contribution in [0.15, 0.2) is 0 Å². The minimum Gasteiger partial charge on any atom is -0.469 e. The van der Waals surface area contributed by atoms with Gasteiger partial charge in [-0.2, -0.15) is 0 Å². The van der Waals surface area contributed by atoms with E-state index in [0.29, 0.717) is 13.0 Å². The molecule has 3 nitrogen and oxygen atoms in total. The maximum atomic E-state index is 10.7. The minimum atomic E-state index is -0.353. The predicted octanol–water partition coefficient (Wildman–Crippen LogP) is 0.551. The molecule has 0 heterocycles. The zero-order valence-electron chi connectivity index (χ0n) is 7.81. The van der Waals surface area contributed by atoms with Crippen molar-refractivity contribution in [3.8, 4) is 12.3 Å². The summed E-state index contributed by atoms with van der Waals surface area (Å²) in [4.78, 5) is 10.7. The number of carbonyl (C=O) groups is 1. The molecule has 0 aliphatic heterocycles. The van der Waals surface area contributed by atoms with E-state index in [1.165, 1.54) is 7.11 Å². The molecule has 3 heteroatoms. The van der Waals surface area contributed by atoms with Crippen LogP contribution in [0.4, 0.5) is 0 Å². The highest BCUT2D eigenvalue weighted by molar-refractivity contribution is 5.69. The lowest BCUT2D eigenvalue weighted by atomic mass is 10.1. The highest BCUT2D eigenvalue weighted by Crippen LogP contribution is 1.98. The summed E-state index contributed by atoms with van der Waals surface area (Å²) in [5.74, 6) is 2.34. The predicted molar refractivity (Wildman–Crippen MR) is 47.5 cm³/mol. The Balaban J connectivity index is 3.58. The molecule has 12 heavy (non-hydrogen) atoms. The second-order valence-electron chi connectivity index (χ2n) is 3.02. The van der Waals surface area contributed by atoms with E-state index >= 15 is 0 Å². The molecule has 0 aromatic carbocycles. The molecule has 0 rings (SSSR count). The number of hydrogen-bond donors (Lipinski definition) is 1. The van der Waals surface area contributed by atoms with Crippen molar-refractivity contribution in [2.24, 2.45) is 0 Å². The van der Waals surface area contributed by atoms with Gasteiger partial charge in [0.1, 0.15) is 0 Å². The number of carbonyl (C=O) groups excluding carboxylic acids is 1.